The SMILES string of the molecule is CCCCC=Cc1ccc(OCc2ccnc(-c3ccccc3OC)n2)c(CC(OC(C)=O)C(=O)O)c1. The summed E-state index contributed by atoms with van der Waals surface area (Å²) in [5.41, 5.74) is 2.92. The van der Waals surface area contributed by atoms with Crippen LogP contribution in [0.5, 0.6) is 11.5 Å². The molecule has 0 bridgehead atoms. The average molecular weight is 505 g/mol. The number of hydrogen-bond donors (Lipinski definition) is 1. The van der Waals surface area contributed by atoms with Crippen molar-refractivity contribution in [3.63, 3.8) is 0 Å². The third kappa shape index (κ3) is 8.17. The topological polar surface area (TPSA) is 108 Å². The molecule has 1 heterocycles. The summed E-state index contributed by atoms with van der Waals surface area (Å²) in [5.74, 6) is -0.220. The number of carbonyl (C=O) groups excluding carboxylic acids is 1. The van der Waals surface area contributed by atoms with Crippen molar-refractivity contribution in [1.82, 2.24) is 9.97 Å². The third-order valence-corrected chi connectivity index (χ3v) is 5.54. The van der Waals surface area contributed by atoms with Gasteiger partial charge in [-0.1, -0.05) is 50.1 Å². The van der Waals surface area contributed by atoms with E-state index in [0.717, 1.165) is 30.4 Å². The van der Waals surface area contributed by atoms with Crippen molar-refractivity contribution < 1.29 is 28.9 Å². The Hall–Kier alpha value is -4.20. The molecule has 1 aromatic heterocycles. The van der Waals surface area contributed by atoms with Crippen LogP contribution >= 0.6 is 0 Å². The Morgan fingerprint density at radius 3 is 2.65 bits per heavy atom. The van der Waals surface area contributed by atoms with Gasteiger partial charge in [-0.25, -0.2) is 14.8 Å². The number of carboxylic acids is 1. The quantitative estimate of drug-likeness (QED) is 0.240. The van der Waals surface area contributed by atoms with Crippen molar-refractivity contribution in [2.75, 3.05) is 7.11 Å². The van der Waals surface area contributed by atoms with Crippen molar-refractivity contribution >= 4 is 18.0 Å². The largest absolute Gasteiger partial charge is 0.496 e. The minimum Gasteiger partial charge on any atom is -0.496 e. The van der Waals surface area contributed by atoms with Crippen molar-refractivity contribution in [3.05, 3.63) is 77.6 Å². The van der Waals surface area contributed by atoms with E-state index in [1.165, 1.54) is 6.92 Å². The number of methoxy groups -OCH3 is 1. The first-order valence-corrected chi connectivity index (χ1v) is 12.2. The molecule has 37 heavy (non-hydrogen) atoms. The van der Waals surface area contributed by atoms with Gasteiger partial charge >= 0.3 is 11.9 Å². The number of hydrogen-bond acceptors (Lipinski definition) is 7. The van der Waals surface area contributed by atoms with Crippen LogP contribution in [0.1, 0.15) is 49.9 Å². The van der Waals surface area contributed by atoms with E-state index in [1.807, 2.05) is 42.5 Å². The molecule has 2 aromatic carbocycles. The zero-order chi connectivity index (χ0) is 26.6. The molecule has 0 saturated carbocycles. The van der Waals surface area contributed by atoms with Crippen LogP contribution in [0.15, 0.2) is 60.8 Å². The molecule has 3 aromatic rings. The number of aliphatic carboxylic acids is 1. The minimum absolute atomic E-state index is 0.0306. The van der Waals surface area contributed by atoms with E-state index in [9.17, 15) is 14.7 Å². The predicted molar refractivity (Wildman–Crippen MR) is 140 cm³/mol. The number of rotatable bonds is 13. The van der Waals surface area contributed by atoms with Crippen LogP contribution in [0.3, 0.4) is 0 Å². The van der Waals surface area contributed by atoms with Gasteiger partial charge in [0, 0.05) is 19.5 Å². The van der Waals surface area contributed by atoms with Gasteiger partial charge in [-0.15, -0.1) is 0 Å². The molecule has 0 saturated heterocycles. The van der Waals surface area contributed by atoms with Crippen molar-refractivity contribution in [1.29, 1.82) is 0 Å². The Morgan fingerprint density at radius 2 is 1.92 bits per heavy atom. The van der Waals surface area contributed by atoms with E-state index in [-0.39, 0.29) is 13.0 Å². The molecule has 0 aliphatic rings. The van der Waals surface area contributed by atoms with E-state index >= 15 is 0 Å². The van der Waals surface area contributed by atoms with Gasteiger partial charge in [-0.05, 0) is 47.9 Å². The number of carboxylic acid groups (broad SMARTS) is 1. The summed E-state index contributed by atoms with van der Waals surface area (Å²) in [6.45, 7) is 3.46. The minimum atomic E-state index is -1.32. The molecule has 1 atom stereocenters. The van der Waals surface area contributed by atoms with Gasteiger partial charge in [0.2, 0.25) is 6.10 Å². The van der Waals surface area contributed by atoms with E-state index in [2.05, 4.69) is 23.0 Å². The lowest BCUT2D eigenvalue weighted by Crippen LogP contribution is -2.28. The molecule has 8 heteroatoms. The number of nitrogens with zero attached hydrogens (tertiary/aromatic N) is 2. The third-order valence-electron chi connectivity index (χ3n) is 5.54. The molecule has 0 radical (unpaired) electrons. The predicted octanol–water partition coefficient (Wildman–Crippen LogP) is 5.49. The summed E-state index contributed by atoms with van der Waals surface area (Å²) in [4.78, 5) is 32.2. The lowest BCUT2D eigenvalue weighted by molar-refractivity contribution is -0.162. The maximum Gasteiger partial charge on any atom is 0.345 e. The van der Waals surface area contributed by atoms with Gasteiger partial charge in [0.05, 0.1) is 18.4 Å². The maximum atomic E-state index is 11.7. The molecule has 8 nitrogen and oxygen atoms in total. The monoisotopic (exact) mass is 504 g/mol. The molecule has 0 spiro atoms. The molecule has 3 rings (SSSR count). The molecule has 0 aliphatic carbocycles. The molecular weight excluding hydrogens is 472 g/mol. The van der Waals surface area contributed by atoms with Crippen LogP contribution in [0.4, 0.5) is 0 Å². The van der Waals surface area contributed by atoms with Gasteiger partial charge in [-0.2, -0.15) is 0 Å². The first-order chi connectivity index (χ1) is 17.9. The van der Waals surface area contributed by atoms with Crippen molar-refractivity contribution in [2.45, 2.75) is 52.2 Å². The highest BCUT2D eigenvalue weighted by atomic mass is 16.6. The fraction of sp³-hybridized carbons (Fsp3) is 0.310. The molecular formula is C29H32N2O6. The van der Waals surface area contributed by atoms with Crippen LogP contribution in [0, 0.1) is 0 Å². The maximum absolute atomic E-state index is 11.7. The van der Waals surface area contributed by atoms with Crippen LogP contribution in [-0.2, 0) is 27.4 Å². The number of benzene rings is 2. The lowest BCUT2D eigenvalue weighted by Gasteiger charge is -2.17. The van der Waals surface area contributed by atoms with E-state index in [0.29, 0.717) is 28.6 Å². The summed E-state index contributed by atoms with van der Waals surface area (Å²) in [7, 11) is 1.59. The van der Waals surface area contributed by atoms with Crippen LogP contribution in [0.25, 0.3) is 17.5 Å². The summed E-state index contributed by atoms with van der Waals surface area (Å²) in [6.07, 6.45) is 7.53. The van der Waals surface area contributed by atoms with Gasteiger partial charge < -0.3 is 19.3 Å². The Labute approximate surface area is 216 Å². The van der Waals surface area contributed by atoms with E-state index in [4.69, 9.17) is 14.2 Å². The fourth-order valence-corrected chi connectivity index (χ4v) is 3.71. The summed E-state index contributed by atoms with van der Waals surface area (Å²) in [6, 6.07) is 14.8. The summed E-state index contributed by atoms with van der Waals surface area (Å²) < 4.78 is 16.5. The summed E-state index contributed by atoms with van der Waals surface area (Å²) >= 11 is 0. The average Bonchev–Trinajstić information content (AvgIpc) is 2.90. The van der Waals surface area contributed by atoms with Gasteiger partial charge in [-0.3, -0.25) is 4.79 Å². The zero-order valence-corrected chi connectivity index (χ0v) is 21.3. The standard InChI is InChI=1S/C29H32N2O6/c1-4-5-6-7-10-21-13-14-25(22(17-21)18-27(29(33)34)37-20(2)32)36-19-23-15-16-30-28(31-23)24-11-8-9-12-26(24)35-3/h7-17,27H,4-6,18-19H2,1-3H3,(H,33,34). The Balaban J connectivity index is 1.85. The lowest BCUT2D eigenvalue weighted by atomic mass is 10.0. The number of carbonyl (C=O) groups is 2. The second-order valence-electron chi connectivity index (χ2n) is 8.41. The second kappa shape index (κ2) is 13.8. The number of para-hydroxylation sites is 1. The van der Waals surface area contributed by atoms with Crippen LogP contribution < -0.4 is 9.47 Å². The number of allylic oxidation sites excluding steroid dienone is 1. The molecule has 0 fully saturated rings. The Kier molecular flexibility index (Phi) is 10.2. The smallest absolute Gasteiger partial charge is 0.345 e. The highest BCUT2D eigenvalue weighted by Gasteiger charge is 2.23. The normalized spacial score (nSPS) is 11.8. The molecule has 194 valence electrons. The molecule has 1 N–H and O–H groups in total. The number of ether oxygens (including phenoxy) is 3. The van der Waals surface area contributed by atoms with Crippen molar-refractivity contribution in [2.24, 2.45) is 0 Å². The highest BCUT2D eigenvalue weighted by molar-refractivity contribution is 5.77. The molecule has 0 amide bonds. The van der Waals surface area contributed by atoms with Gasteiger partial charge in [0.15, 0.2) is 5.82 Å². The highest BCUT2D eigenvalue weighted by Crippen LogP contribution is 2.28. The van der Waals surface area contributed by atoms with Gasteiger partial charge in [0.25, 0.3) is 0 Å². The zero-order valence-electron chi connectivity index (χ0n) is 21.3. The van der Waals surface area contributed by atoms with Crippen LogP contribution in [-0.4, -0.2) is 40.2 Å². The number of esters is 1. The number of aromatic nitrogens is 2. The second-order valence-corrected chi connectivity index (χ2v) is 8.41. The fourth-order valence-electron chi connectivity index (χ4n) is 3.71. The first-order valence-electron chi connectivity index (χ1n) is 12.2. The van der Waals surface area contributed by atoms with Gasteiger partial charge in [0.1, 0.15) is 18.1 Å². The Bertz CT molecular complexity index is 1240. The summed E-state index contributed by atoms with van der Waals surface area (Å²) in [5, 5.41) is 9.57. The number of unbranched alkanes of at least 4 members (excludes halogenated alkanes) is 2. The Morgan fingerprint density at radius 1 is 1.11 bits per heavy atom. The van der Waals surface area contributed by atoms with Crippen molar-refractivity contribution in [3.8, 4) is 22.9 Å². The first kappa shape index (κ1) is 27.4. The molecule has 1 unspecified atom stereocenters. The van der Waals surface area contributed by atoms with E-state index < -0.39 is 18.0 Å². The van der Waals surface area contributed by atoms with E-state index in [1.54, 1.807) is 25.4 Å². The van der Waals surface area contributed by atoms with Crippen LogP contribution in [0.2, 0.25) is 0 Å². The molecule has 0 aliphatic heterocycles.